The van der Waals surface area contributed by atoms with Crippen molar-refractivity contribution >= 4 is 21.8 Å². The summed E-state index contributed by atoms with van der Waals surface area (Å²) in [6.07, 6.45) is 5.65. The summed E-state index contributed by atoms with van der Waals surface area (Å²) >= 11 is 0. The van der Waals surface area contributed by atoms with Gasteiger partial charge in [0.05, 0.1) is 10.8 Å². The number of rotatable bonds is 4. The molecule has 2 atom stereocenters. The molecule has 9 heteroatoms. The summed E-state index contributed by atoms with van der Waals surface area (Å²) < 4.78 is 40.6. The van der Waals surface area contributed by atoms with Crippen molar-refractivity contribution in [2.24, 2.45) is 5.92 Å². The van der Waals surface area contributed by atoms with Crippen LogP contribution in [0.4, 0.5) is 4.39 Å². The average Bonchev–Trinajstić information content (AvgIpc) is 3.33. The second kappa shape index (κ2) is 9.24. The molecule has 3 saturated heterocycles. The van der Waals surface area contributed by atoms with Crippen molar-refractivity contribution in [3.63, 3.8) is 0 Å². The Hall–Kier alpha value is -2.00. The van der Waals surface area contributed by atoms with Gasteiger partial charge < -0.3 is 9.80 Å². The average molecular weight is 452 g/mol. The Morgan fingerprint density at radius 3 is 2.23 bits per heavy atom. The number of benzene rings is 1. The molecular weight excluding hydrogens is 421 g/mol. The van der Waals surface area contributed by atoms with Gasteiger partial charge in [-0.2, -0.15) is 4.31 Å². The van der Waals surface area contributed by atoms with Crippen LogP contribution in [0.15, 0.2) is 29.2 Å². The van der Waals surface area contributed by atoms with E-state index >= 15 is 0 Å². The third kappa shape index (κ3) is 4.62. The smallest absolute Gasteiger partial charge is 0.245 e. The Labute approximate surface area is 183 Å². The lowest BCUT2D eigenvalue weighted by atomic mass is 9.94. The van der Waals surface area contributed by atoms with Gasteiger partial charge in [0.2, 0.25) is 21.8 Å². The van der Waals surface area contributed by atoms with Gasteiger partial charge in [0.15, 0.2) is 0 Å². The van der Waals surface area contributed by atoms with Gasteiger partial charge in [-0.05, 0) is 69.2 Å². The van der Waals surface area contributed by atoms with E-state index in [1.54, 1.807) is 4.90 Å². The van der Waals surface area contributed by atoms with Gasteiger partial charge in [-0.3, -0.25) is 9.59 Å². The largest absolute Gasteiger partial charge is 0.341 e. The number of carbonyl (C=O) groups excluding carboxylic acids is 2. The van der Waals surface area contributed by atoms with Gasteiger partial charge in [0.1, 0.15) is 11.9 Å². The Balaban J connectivity index is 1.48. The zero-order valence-electron chi connectivity index (χ0n) is 17.7. The lowest BCUT2D eigenvalue weighted by Crippen LogP contribution is -2.55. The van der Waals surface area contributed by atoms with E-state index < -0.39 is 27.8 Å². The monoisotopic (exact) mass is 451 g/mol. The van der Waals surface area contributed by atoms with E-state index in [0.717, 1.165) is 50.9 Å². The number of hydrogen-bond acceptors (Lipinski definition) is 4. The number of carbonyl (C=O) groups is 2. The lowest BCUT2D eigenvalue weighted by molar-refractivity contribution is -0.150. The number of sulfonamides is 1. The van der Waals surface area contributed by atoms with Crippen molar-refractivity contribution in [1.82, 2.24) is 14.1 Å². The van der Waals surface area contributed by atoms with Crippen molar-refractivity contribution in [2.75, 3.05) is 32.7 Å². The van der Waals surface area contributed by atoms with E-state index in [0.29, 0.717) is 32.4 Å². The Morgan fingerprint density at radius 2 is 1.52 bits per heavy atom. The number of halogens is 1. The summed E-state index contributed by atoms with van der Waals surface area (Å²) in [5.74, 6) is -1.03. The van der Waals surface area contributed by atoms with Gasteiger partial charge in [0, 0.05) is 32.7 Å². The summed E-state index contributed by atoms with van der Waals surface area (Å²) in [4.78, 5) is 30.1. The lowest BCUT2D eigenvalue weighted by Gasteiger charge is -2.40. The van der Waals surface area contributed by atoms with Crippen LogP contribution >= 0.6 is 0 Å². The maximum absolute atomic E-state index is 13.4. The van der Waals surface area contributed by atoms with Gasteiger partial charge in [-0.15, -0.1) is 0 Å². The van der Waals surface area contributed by atoms with Crippen LogP contribution in [0.25, 0.3) is 0 Å². The maximum Gasteiger partial charge on any atom is 0.245 e. The molecule has 3 heterocycles. The van der Waals surface area contributed by atoms with Crippen molar-refractivity contribution in [1.29, 1.82) is 0 Å². The van der Waals surface area contributed by atoms with Crippen LogP contribution < -0.4 is 0 Å². The summed E-state index contributed by atoms with van der Waals surface area (Å²) in [6.45, 7) is 2.48. The Kier molecular flexibility index (Phi) is 6.62. The fourth-order valence-corrected chi connectivity index (χ4v) is 6.48. The van der Waals surface area contributed by atoms with E-state index in [2.05, 4.69) is 0 Å². The third-order valence-electron chi connectivity index (χ3n) is 6.67. The van der Waals surface area contributed by atoms with E-state index in [4.69, 9.17) is 0 Å². The van der Waals surface area contributed by atoms with Gasteiger partial charge in [-0.1, -0.05) is 0 Å². The number of amides is 2. The molecule has 1 aromatic rings. The SMILES string of the molecule is O=C(C1CCCCN1C(=O)C1CCCN(S(=O)(=O)c2ccc(F)cc2)C1)N1CCCC1. The highest BCUT2D eigenvalue weighted by molar-refractivity contribution is 7.89. The quantitative estimate of drug-likeness (QED) is 0.703. The summed E-state index contributed by atoms with van der Waals surface area (Å²) in [7, 11) is -3.80. The standard InChI is InChI=1S/C22H30FN3O4S/c23-18-8-10-19(11-9-18)31(29,30)25-14-5-6-17(16-25)21(27)26-15-2-1-7-20(26)22(28)24-12-3-4-13-24/h8-11,17,20H,1-7,12-16H2. The minimum Gasteiger partial charge on any atom is -0.341 e. The van der Waals surface area contributed by atoms with Crippen molar-refractivity contribution in [3.8, 4) is 0 Å². The maximum atomic E-state index is 13.4. The van der Waals surface area contributed by atoms with Gasteiger partial charge in [0.25, 0.3) is 0 Å². The first kappa shape index (κ1) is 22.2. The highest BCUT2D eigenvalue weighted by atomic mass is 32.2. The second-order valence-corrected chi connectivity index (χ2v) is 10.7. The van der Waals surface area contributed by atoms with E-state index in [-0.39, 0.29) is 23.3 Å². The van der Waals surface area contributed by atoms with Crippen LogP contribution in [0, 0.1) is 11.7 Å². The van der Waals surface area contributed by atoms with Crippen LogP contribution in [0.2, 0.25) is 0 Å². The fourth-order valence-electron chi connectivity index (χ4n) is 4.95. The molecule has 170 valence electrons. The topological polar surface area (TPSA) is 78.0 Å². The molecule has 1 aromatic carbocycles. The van der Waals surface area contributed by atoms with Crippen LogP contribution in [0.5, 0.6) is 0 Å². The molecule has 4 rings (SSSR count). The molecule has 2 unspecified atom stereocenters. The molecule has 0 bridgehead atoms. The molecule has 3 aliphatic rings. The van der Waals surface area contributed by atoms with Crippen LogP contribution in [-0.2, 0) is 19.6 Å². The molecular formula is C22H30FN3O4S. The molecule has 2 amide bonds. The van der Waals surface area contributed by atoms with E-state index in [1.165, 1.54) is 16.4 Å². The minimum atomic E-state index is -3.80. The highest BCUT2D eigenvalue weighted by Gasteiger charge is 2.40. The highest BCUT2D eigenvalue weighted by Crippen LogP contribution is 2.28. The van der Waals surface area contributed by atoms with Crippen molar-refractivity contribution in [3.05, 3.63) is 30.1 Å². The summed E-state index contributed by atoms with van der Waals surface area (Å²) in [5, 5.41) is 0. The molecule has 0 saturated carbocycles. The molecule has 7 nitrogen and oxygen atoms in total. The molecule has 31 heavy (non-hydrogen) atoms. The fraction of sp³-hybridized carbons (Fsp3) is 0.636. The predicted molar refractivity (Wildman–Crippen MR) is 113 cm³/mol. The van der Waals surface area contributed by atoms with Crippen molar-refractivity contribution < 1.29 is 22.4 Å². The molecule has 3 aliphatic heterocycles. The number of nitrogens with zero attached hydrogens (tertiary/aromatic N) is 3. The number of piperidine rings is 2. The van der Waals surface area contributed by atoms with Gasteiger partial charge in [-0.25, -0.2) is 12.8 Å². The molecule has 3 fully saturated rings. The molecule has 0 aliphatic carbocycles. The van der Waals surface area contributed by atoms with Crippen LogP contribution in [-0.4, -0.2) is 73.1 Å². The Bertz CT molecular complexity index is 915. The number of hydrogen-bond donors (Lipinski definition) is 0. The summed E-state index contributed by atoms with van der Waals surface area (Å²) in [5.41, 5.74) is 0. The predicted octanol–water partition coefficient (Wildman–Crippen LogP) is 2.23. The number of likely N-dealkylation sites (tertiary alicyclic amines) is 2. The second-order valence-electron chi connectivity index (χ2n) is 8.73. The summed E-state index contributed by atoms with van der Waals surface area (Å²) in [6, 6.07) is 4.34. The normalized spacial score (nSPS) is 25.6. The van der Waals surface area contributed by atoms with Crippen molar-refractivity contribution in [2.45, 2.75) is 55.9 Å². The van der Waals surface area contributed by atoms with E-state index in [1.807, 2.05) is 4.90 Å². The zero-order valence-corrected chi connectivity index (χ0v) is 18.5. The molecule has 0 spiro atoms. The first-order valence-corrected chi connectivity index (χ1v) is 12.7. The third-order valence-corrected chi connectivity index (χ3v) is 8.55. The van der Waals surface area contributed by atoms with Crippen LogP contribution in [0.1, 0.15) is 44.9 Å². The first-order valence-electron chi connectivity index (χ1n) is 11.2. The molecule has 0 aromatic heterocycles. The van der Waals surface area contributed by atoms with Crippen LogP contribution in [0.3, 0.4) is 0 Å². The zero-order chi connectivity index (χ0) is 22.0. The first-order chi connectivity index (χ1) is 14.9. The Morgan fingerprint density at radius 1 is 0.839 bits per heavy atom. The van der Waals surface area contributed by atoms with E-state index in [9.17, 15) is 22.4 Å². The molecule has 0 radical (unpaired) electrons. The molecule has 0 N–H and O–H groups in total. The van der Waals surface area contributed by atoms with Gasteiger partial charge >= 0.3 is 0 Å². The minimum absolute atomic E-state index is 0.0297.